The summed E-state index contributed by atoms with van der Waals surface area (Å²) in [5, 5.41) is 15.0. The van der Waals surface area contributed by atoms with Crippen molar-refractivity contribution in [3.63, 3.8) is 0 Å². The standard InChI is InChI=1S/C17H17F2N3O4/c1-10(11-3-5-13(18)14(19)7-11)20-9-17(23)21-15-8-12(22(24)25)4-6-16(15)26-2/h3-8,10,20H,9H2,1-2H3,(H,21,23)/p+1/t10-/m0/s1. The first kappa shape index (κ1) is 19.3. The summed E-state index contributed by atoms with van der Waals surface area (Å²) >= 11 is 0. The van der Waals surface area contributed by atoms with Crippen molar-refractivity contribution in [1.82, 2.24) is 0 Å². The number of nitro groups is 1. The number of ether oxygens (including phenoxy) is 1. The highest BCUT2D eigenvalue weighted by Crippen LogP contribution is 2.28. The zero-order valence-corrected chi connectivity index (χ0v) is 14.2. The molecule has 26 heavy (non-hydrogen) atoms. The number of non-ortho nitro benzene ring substituents is 1. The Hall–Kier alpha value is -3.07. The number of carbonyl (C=O) groups excluding carboxylic acids is 1. The molecule has 0 aliphatic carbocycles. The summed E-state index contributed by atoms with van der Waals surface area (Å²) in [4.78, 5) is 22.4. The number of benzene rings is 2. The summed E-state index contributed by atoms with van der Waals surface area (Å²) in [6.45, 7) is 1.72. The third-order valence-electron chi connectivity index (χ3n) is 3.79. The van der Waals surface area contributed by atoms with Crippen molar-refractivity contribution in [2.24, 2.45) is 0 Å². The van der Waals surface area contributed by atoms with Gasteiger partial charge in [0.25, 0.3) is 11.6 Å². The van der Waals surface area contributed by atoms with Gasteiger partial charge in [-0.3, -0.25) is 14.9 Å². The third-order valence-corrected chi connectivity index (χ3v) is 3.79. The number of nitrogens with one attached hydrogen (secondary N) is 1. The Kier molecular flexibility index (Phi) is 6.18. The van der Waals surface area contributed by atoms with Gasteiger partial charge in [-0.2, -0.15) is 0 Å². The molecule has 0 heterocycles. The predicted molar refractivity (Wildman–Crippen MR) is 89.8 cm³/mol. The molecule has 1 amide bonds. The normalized spacial score (nSPS) is 11.7. The van der Waals surface area contributed by atoms with E-state index in [1.807, 2.05) is 0 Å². The molecule has 0 saturated heterocycles. The van der Waals surface area contributed by atoms with Crippen LogP contribution < -0.4 is 15.4 Å². The lowest BCUT2D eigenvalue weighted by Gasteiger charge is -2.13. The summed E-state index contributed by atoms with van der Waals surface area (Å²) in [5.74, 6) is -2.01. The largest absolute Gasteiger partial charge is 0.495 e. The lowest BCUT2D eigenvalue weighted by atomic mass is 10.1. The van der Waals surface area contributed by atoms with Crippen LogP contribution >= 0.6 is 0 Å². The van der Waals surface area contributed by atoms with Crippen LogP contribution in [-0.2, 0) is 4.79 Å². The van der Waals surface area contributed by atoms with Gasteiger partial charge in [0.2, 0.25) is 0 Å². The van der Waals surface area contributed by atoms with Crippen LogP contribution in [0.1, 0.15) is 18.5 Å². The van der Waals surface area contributed by atoms with Crippen molar-refractivity contribution in [3.05, 3.63) is 63.7 Å². The number of rotatable bonds is 7. The second-order valence-electron chi connectivity index (χ2n) is 5.59. The topological polar surface area (TPSA) is 98.1 Å². The number of methoxy groups -OCH3 is 1. The van der Waals surface area contributed by atoms with Gasteiger partial charge in [-0.1, -0.05) is 0 Å². The average molecular weight is 366 g/mol. The van der Waals surface area contributed by atoms with Gasteiger partial charge in [0.1, 0.15) is 11.8 Å². The minimum Gasteiger partial charge on any atom is -0.495 e. The van der Waals surface area contributed by atoms with E-state index in [0.29, 0.717) is 5.56 Å². The van der Waals surface area contributed by atoms with Crippen molar-refractivity contribution in [2.45, 2.75) is 13.0 Å². The van der Waals surface area contributed by atoms with Crippen molar-refractivity contribution in [2.75, 3.05) is 19.0 Å². The molecule has 9 heteroatoms. The number of hydrogen-bond acceptors (Lipinski definition) is 4. The molecule has 2 rings (SSSR count). The maximum absolute atomic E-state index is 13.3. The van der Waals surface area contributed by atoms with E-state index in [2.05, 4.69) is 5.32 Å². The molecule has 3 N–H and O–H groups in total. The van der Waals surface area contributed by atoms with Crippen LogP contribution in [0.2, 0.25) is 0 Å². The molecular weight excluding hydrogens is 348 g/mol. The maximum Gasteiger partial charge on any atom is 0.279 e. The zero-order valence-electron chi connectivity index (χ0n) is 14.2. The summed E-state index contributed by atoms with van der Waals surface area (Å²) in [6, 6.07) is 7.13. The van der Waals surface area contributed by atoms with E-state index in [4.69, 9.17) is 4.74 Å². The highest BCUT2D eigenvalue weighted by Gasteiger charge is 2.17. The Balaban J connectivity index is 2.01. The first-order chi connectivity index (χ1) is 12.3. The summed E-state index contributed by atoms with van der Waals surface area (Å²) in [6.07, 6.45) is 0. The monoisotopic (exact) mass is 366 g/mol. The Morgan fingerprint density at radius 1 is 1.27 bits per heavy atom. The van der Waals surface area contributed by atoms with Crippen LogP contribution in [0.4, 0.5) is 20.2 Å². The van der Waals surface area contributed by atoms with Crippen LogP contribution in [-0.4, -0.2) is 24.5 Å². The molecule has 0 fully saturated rings. The number of hydrogen-bond donors (Lipinski definition) is 2. The lowest BCUT2D eigenvalue weighted by Crippen LogP contribution is -2.86. The molecule has 0 bridgehead atoms. The van der Waals surface area contributed by atoms with Gasteiger partial charge in [0, 0.05) is 17.7 Å². The molecule has 0 saturated carbocycles. The fraction of sp³-hybridized carbons (Fsp3) is 0.235. The minimum atomic E-state index is -0.950. The number of nitrogens with zero attached hydrogens (tertiary/aromatic N) is 1. The number of nitro benzene ring substituents is 1. The van der Waals surface area contributed by atoms with E-state index in [1.165, 1.54) is 31.4 Å². The first-order valence-electron chi connectivity index (χ1n) is 7.72. The lowest BCUT2D eigenvalue weighted by molar-refractivity contribution is -0.682. The summed E-state index contributed by atoms with van der Waals surface area (Å²) in [5.41, 5.74) is 0.533. The van der Waals surface area contributed by atoms with Crippen LogP contribution in [0.3, 0.4) is 0 Å². The molecule has 7 nitrogen and oxygen atoms in total. The fourth-order valence-corrected chi connectivity index (χ4v) is 2.32. The predicted octanol–water partition coefficient (Wildman–Crippen LogP) is 2.14. The van der Waals surface area contributed by atoms with Gasteiger partial charge in [-0.15, -0.1) is 0 Å². The summed E-state index contributed by atoms with van der Waals surface area (Å²) < 4.78 is 31.3. The first-order valence-corrected chi connectivity index (χ1v) is 7.72. The Labute approximate surface area is 148 Å². The maximum atomic E-state index is 13.3. The fourth-order valence-electron chi connectivity index (χ4n) is 2.32. The van der Waals surface area contributed by atoms with Crippen LogP contribution in [0.25, 0.3) is 0 Å². The molecule has 0 aromatic heterocycles. The van der Waals surface area contributed by atoms with Gasteiger partial charge in [-0.05, 0) is 31.2 Å². The zero-order chi connectivity index (χ0) is 19.3. The van der Waals surface area contributed by atoms with Gasteiger partial charge < -0.3 is 15.4 Å². The van der Waals surface area contributed by atoms with Crippen molar-refractivity contribution in [3.8, 4) is 5.75 Å². The van der Waals surface area contributed by atoms with E-state index in [-0.39, 0.29) is 29.7 Å². The third kappa shape index (κ3) is 4.73. The van der Waals surface area contributed by atoms with E-state index in [0.717, 1.165) is 12.1 Å². The molecule has 0 aliphatic rings. The smallest absolute Gasteiger partial charge is 0.279 e. The van der Waals surface area contributed by atoms with E-state index in [1.54, 1.807) is 12.2 Å². The van der Waals surface area contributed by atoms with Crippen molar-refractivity contribution < 1.29 is 28.6 Å². The number of halogens is 2. The molecule has 0 spiro atoms. The van der Waals surface area contributed by atoms with Crippen molar-refractivity contribution >= 4 is 17.3 Å². The molecule has 138 valence electrons. The number of nitrogens with two attached hydrogens (primary N) is 1. The molecular formula is C17H18F2N3O4+. The highest BCUT2D eigenvalue weighted by atomic mass is 19.2. The van der Waals surface area contributed by atoms with Gasteiger partial charge in [-0.25, -0.2) is 8.78 Å². The molecule has 2 aromatic rings. The van der Waals surface area contributed by atoms with Crippen LogP contribution in [0.5, 0.6) is 5.75 Å². The second-order valence-corrected chi connectivity index (χ2v) is 5.59. The SMILES string of the molecule is COc1ccc([N+](=O)[O-])cc1NC(=O)C[NH2+][C@@H](C)c1ccc(F)c(F)c1. The van der Waals surface area contributed by atoms with Gasteiger partial charge in [0.05, 0.1) is 17.7 Å². The van der Waals surface area contributed by atoms with Crippen molar-refractivity contribution in [1.29, 1.82) is 0 Å². The number of carbonyl (C=O) groups is 1. The highest BCUT2D eigenvalue weighted by molar-refractivity contribution is 5.93. The average Bonchev–Trinajstić information content (AvgIpc) is 2.61. The molecule has 2 aromatic carbocycles. The van der Waals surface area contributed by atoms with Gasteiger partial charge in [0.15, 0.2) is 18.2 Å². The number of anilines is 1. The van der Waals surface area contributed by atoms with E-state index in [9.17, 15) is 23.7 Å². The molecule has 0 aliphatic heterocycles. The molecule has 0 radical (unpaired) electrons. The number of amides is 1. The van der Waals surface area contributed by atoms with E-state index >= 15 is 0 Å². The summed E-state index contributed by atoms with van der Waals surface area (Å²) in [7, 11) is 1.38. The Bertz CT molecular complexity index is 830. The van der Waals surface area contributed by atoms with E-state index < -0.39 is 22.5 Å². The van der Waals surface area contributed by atoms with Crippen LogP contribution in [0.15, 0.2) is 36.4 Å². The number of quaternary nitrogens is 1. The van der Waals surface area contributed by atoms with Gasteiger partial charge >= 0.3 is 0 Å². The Morgan fingerprint density at radius 3 is 2.62 bits per heavy atom. The molecule has 0 unspecified atom stereocenters. The van der Waals surface area contributed by atoms with Crippen LogP contribution in [0, 0.1) is 21.7 Å². The quantitative estimate of drug-likeness (QED) is 0.579. The second kappa shape index (κ2) is 8.34. The Morgan fingerprint density at radius 2 is 2.00 bits per heavy atom. The molecule has 1 atom stereocenters. The minimum absolute atomic E-state index is 0.0218.